The number of alkyl halides is 9. The molecule has 1 unspecified atom stereocenters. The molecule has 2 N–H and O–H groups in total. The number of anilines is 1. The quantitative estimate of drug-likeness (QED) is 0.0807. The molecule has 0 heterocycles. The van der Waals surface area contributed by atoms with Crippen LogP contribution in [0.4, 0.5) is 45.2 Å². The third-order valence-electron chi connectivity index (χ3n) is 9.02. The van der Waals surface area contributed by atoms with Crippen molar-refractivity contribution in [2.75, 3.05) is 12.3 Å². The van der Waals surface area contributed by atoms with Crippen molar-refractivity contribution in [2.24, 2.45) is 11.8 Å². The predicted molar refractivity (Wildman–Crippen MR) is 194 cm³/mol. The maximum Gasteiger partial charge on any atom is 0.420 e. The maximum atomic E-state index is 13.6. The van der Waals surface area contributed by atoms with E-state index in [9.17, 15) is 49.1 Å². The molecule has 1 atom stereocenters. The lowest BCUT2D eigenvalue weighted by molar-refractivity contribution is -0.152. The van der Waals surface area contributed by atoms with Crippen LogP contribution in [0.15, 0.2) is 48.5 Å². The summed E-state index contributed by atoms with van der Waals surface area (Å²) in [6.45, 7) is 8.64. The largest absolute Gasteiger partial charge is 0.493 e. The fraction of sp³-hybridized carbons (Fsp3) is 0.512. The van der Waals surface area contributed by atoms with Gasteiger partial charge in [0.25, 0.3) is 0 Å². The first-order valence-electron chi connectivity index (χ1n) is 17.8. The van der Waals surface area contributed by atoms with Crippen LogP contribution in [0.25, 0.3) is 11.1 Å². The third-order valence-corrected chi connectivity index (χ3v) is 9.02. The van der Waals surface area contributed by atoms with E-state index in [0.717, 1.165) is 55.7 Å². The molecule has 0 aliphatic heterocycles. The van der Waals surface area contributed by atoms with Crippen molar-refractivity contribution in [2.45, 2.75) is 118 Å². The molecule has 0 aromatic heterocycles. The van der Waals surface area contributed by atoms with Crippen LogP contribution in [0, 0.1) is 18.8 Å². The Balaban J connectivity index is 0.000000412. The zero-order valence-corrected chi connectivity index (χ0v) is 30.8. The van der Waals surface area contributed by atoms with Crippen LogP contribution in [0.5, 0.6) is 5.75 Å². The molecule has 0 spiro atoms. The minimum absolute atomic E-state index is 0. The van der Waals surface area contributed by atoms with Crippen molar-refractivity contribution in [1.82, 2.24) is 0 Å². The number of hydrogen-bond donors (Lipinski definition) is 1. The molecule has 0 amide bonds. The van der Waals surface area contributed by atoms with Gasteiger partial charge in [-0.25, -0.2) is 0 Å². The number of Topliss-reactive ketones (excluding diaryl/α,β-unsaturated/α-hetero) is 1. The minimum Gasteiger partial charge on any atom is -0.493 e. The molecule has 0 saturated heterocycles. The topological polar surface area (TPSA) is 78.6 Å². The van der Waals surface area contributed by atoms with E-state index in [-0.39, 0.29) is 74.6 Å². The molecule has 0 bridgehead atoms. The van der Waals surface area contributed by atoms with E-state index in [1.165, 1.54) is 6.07 Å². The normalized spacial score (nSPS) is 13.9. The van der Waals surface area contributed by atoms with Crippen molar-refractivity contribution in [1.29, 1.82) is 0 Å². The number of aryl methyl sites for hydroxylation is 2. The second kappa shape index (κ2) is 19.6. The molecule has 5 nitrogen and oxygen atoms in total. The summed E-state index contributed by atoms with van der Waals surface area (Å²) in [5.74, 6) is -0.813. The highest BCUT2D eigenvalue weighted by Crippen LogP contribution is 2.43. The molecule has 1 aliphatic carbocycles. The first kappa shape index (κ1) is 46.9. The summed E-state index contributed by atoms with van der Waals surface area (Å²) in [5.41, 5.74) is 4.70. The molecule has 1 aliphatic rings. The van der Waals surface area contributed by atoms with E-state index >= 15 is 0 Å². The van der Waals surface area contributed by atoms with E-state index in [1.807, 2.05) is 20.8 Å². The van der Waals surface area contributed by atoms with Crippen LogP contribution in [0.2, 0.25) is 0 Å². The van der Waals surface area contributed by atoms with Gasteiger partial charge in [0.05, 0.1) is 23.3 Å². The van der Waals surface area contributed by atoms with Crippen LogP contribution in [-0.2, 0) is 39.3 Å². The standard InChI is InChI=1S/C24H25F6NO2.C16H21F3O2.CH4/c1-2-14-11-16(23(25,26)27)8-9-17(14)18-12-22(19(13-20(18)31)24(28,29)30)33-10-4-7-21(32)15-5-3-6-15;1-5-6-14(20)21-15(10(2)3)12-7-11(4)8-13(9-12)16(17,18)19;/h8-9,11-13,15H,2-7,10,31H2,1H3;7-10,15H,5-6H2,1-4H3;1H4. The molecule has 306 valence electrons. The average Bonchev–Trinajstić information content (AvgIpc) is 3.03. The summed E-state index contributed by atoms with van der Waals surface area (Å²) in [6, 6.07) is 8.71. The molecule has 3 aromatic rings. The van der Waals surface area contributed by atoms with Crippen LogP contribution in [0.3, 0.4) is 0 Å². The molecule has 0 radical (unpaired) electrons. The second-order valence-electron chi connectivity index (χ2n) is 13.7. The highest BCUT2D eigenvalue weighted by atomic mass is 19.4. The molecule has 1 fully saturated rings. The lowest BCUT2D eigenvalue weighted by Gasteiger charge is -2.23. The van der Waals surface area contributed by atoms with E-state index in [2.05, 4.69) is 0 Å². The summed E-state index contributed by atoms with van der Waals surface area (Å²) in [7, 11) is 0. The number of ketones is 1. The Labute approximate surface area is 316 Å². The van der Waals surface area contributed by atoms with Crippen molar-refractivity contribution in [3.63, 3.8) is 0 Å². The van der Waals surface area contributed by atoms with Crippen molar-refractivity contribution in [3.8, 4) is 16.9 Å². The van der Waals surface area contributed by atoms with Gasteiger partial charge in [-0.15, -0.1) is 0 Å². The number of carbonyl (C=O) groups excluding carboxylic acids is 2. The van der Waals surface area contributed by atoms with Crippen LogP contribution in [0.1, 0.15) is 120 Å². The SMILES string of the molecule is C.CCCC(=O)OC(c1cc(C)cc(C(F)(F)F)c1)C(C)C.CCc1cc(C(F)(F)F)ccc1-c1cc(OCCCC(=O)C2CCC2)c(C(F)(F)F)cc1N. The Hall–Kier alpha value is -4.23. The number of rotatable bonds is 13. The van der Waals surface area contributed by atoms with Gasteiger partial charge in [-0.1, -0.05) is 59.2 Å². The van der Waals surface area contributed by atoms with Crippen LogP contribution in [-0.4, -0.2) is 18.4 Å². The predicted octanol–water partition coefficient (Wildman–Crippen LogP) is 12.8. The van der Waals surface area contributed by atoms with E-state index in [4.69, 9.17) is 15.2 Å². The Morgan fingerprint density at radius 3 is 1.96 bits per heavy atom. The fourth-order valence-corrected chi connectivity index (χ4v) is 5.99. The van der Waals surface area contributed by atoms with Crippen LogP contribution < -0.4 is 10.5 Å². The van der Waals surface area contributed by atoms with Gasteiger partial charge in [0, 0.05) is 30.0 Å². The number of carbonyl (C=O) groups is 2. The van der Waals surface area contributed by atoms with Crippen molar-refractivity contribution in [3.05, 3.63) is 81.9 Å². The molecule has 14 heteroatoms. The Kier molecular flexibility index (Phi) is 16.7. The molecule has 55 heavy (non-hydrogen) atoms. The summed E-state index contributed by atoms with van der Waals surface area (Å²) in [6.07, 6.45) is -10.00. The van der Waals surface area contributed by atoms with E-state index < -0.39 is 47.1 Å². The van der Waals surface area contributed by atoms with Gasteiger partial charge in [0.1, 0.15) is 17.6 Å². The monoisotopic (exact) mass is 791 g/mol. The van der Waals surface area contributed by atoms with Gasteiger partial charge in [-0.3, -0.25) is 9.59 Å². The van der Waals surface area contributed by atoms with Gasteiger partial charge in [-0.2, -0.15) is 39.5 Å². The Morgan fingerprint density at radius 2 is 1.45 bits per heavy atom. The third kappa shape index (κ3) is 13.2. The zero-order chi connectivity index (χ0) is 40.6. The molecule has 1 saturated carbocycles. The number of ether oxygens (including phenoxy) is 2. The second-order valence-corrected chi connectivity index (χ2v) is 13.7. The maximum absolute atomic E-state index is 13.6. The summed E-state index contributed by atoms with van der Waals surface area (Å²) in [4.78, 5) is 23.6. The number of esters is 1. The number of nitrogens with two attached hydrogens (primary N) is 1. The van der Waals surface area contributed by atoms with Gasteiger partial charge < -0.3 is 15.2 Å². The lowest BCUT2D eigenvalue weighted by Crippen LogP contribution is -2.22. The van der Waals surface area contributed by atoms with Gasteiger partial charge >= 0.3 is 24.5 Å². The van der Waals surface area contributed by atoms with Gasteiger partial charge in [-0.05, 0) is 98.0 Å². The summed E-state index contributed by atoms with van der Waals surface area (Å²) >= 11 is 0. The highest BCUT2D eigenvalue weighted by Gasteiger charge is 2.36. The highest BCUT2D eigenvalue weighted by molar-refractivity contribution is 5.82. The Bertz CT molecular complexity index is 1740. The van der Waals surface area contributed by atoms with Gasteiger partial charge in [0.2, 0.25) is 0 Å². The molecule has 3 aromatic carbocycles. The van der Waals surface area contributed by atoms with E-state index in [1.54, 1.807) is 19.9 Å². The van der Waals surface area contributed by atoms with Crippen molar-refractivity contribution >= 4 is 17.4 Å². The number of benzene rings is 3. The van der Waals surface area contributed by atoms with Crippen LogP contribution >= 0.6 is 0 Å². The summed E-state index contributed by atoms with van der Waals surface area (Å²) in [5, 5.41) is 0. The van der Waals surface area contributed by atoms with Gasteiger partial charge in [0.15, 0.2) is 0 Å². The average molecular weight is 792 g/mol. The molecule has 4 rings (SSSR count). The fourth-order valence-electron chi connectivity index (χ4n) is 5.99. The number of nitrogen functional groups attached to an aromatic ring is 1. The number of halogens is 9. The summed E-state index contributed by atoms with van der Waals surface area (Å²) < 4.78 is 129. The van der Waals surface area contributed by atoms with Crippen molar-refractivity contribution < 1.29 is 58.6 Å². The first-order valence-corrected chi connectivity index (χ1v) is 17.8. The smallest absolute Gasteiger partial charge is 0.420 e. The van der Waals surface area contributed by atoms with E-state index in [0.29, 0.717) is 28.7 Å². The molecular formula is C41H50F9NO4. The number of hydrogen-bond acceptors (Lipinski definition) is 5. The Morgan fingerprint density at radius 1 is 0.818 bits per heavy atom. The minimum atomic E-state index is -4.74. The first-order chi connectivity index (χ1) is 25.1. The molecular weight excluding hydrogens is 741 g/mol. The zero-order valence-electron chi connectivity index (χ0n) is 30.8. The lowest BCUT2D eigenvalue weighted by atomic mass is 9.81.